The summed E-state index contributed by atoms with van der Waals surface area (Å²) in [5, 5.41) is 14.2. The van der Waals surface area contributed by atoms with Gasteiger partial charge in [-0.3, -0.25) is 9.69 Å². The van der Waals surface area contributed by atoms with Crippen LogP contribution in [0.15, 0.2) is 41.3 Å². The third-order valence-corrected chi connectivity index (χ3v) is 6.23. The van der Waals surface area contributed by atoms with Crippen molar-refractivity contribution in [3.63, 3.8) is 0 Å². The van der Waals surface area contributed by atoms with Gasteiger partial charge in [0.2, 0.25) is 5.95 Å². The van der Waals surface area contributed by atoms with Gasteiger partial charge in [-0.15, -0.1) is 0 Å². The molecular formula is C24H28F6N4O7. The van der Waals surface area contributed by atoms with E-state index < -0.39 is 29.7 Å². The van der Waals surface area contributed by atoms with Crippen molar-refractivity contribution in [3.05, 3.63) is 42.6 Å². The average Bonchev–Trinajstić information content (AvgIpc) is 3.49. The summed E-state index contributed by atoms with van der Waals surface area (Å²) in [6.45, 7) is 6.22. The van der Waals surface area contributed by atoms with Gasteiger partial charge in [-0.05, 0) is 44.5 Å². The Balaban J connectivity index is 0.000000349. The summed E-state index contributed by atoms with van der Waals surface area (Å²) in [6.07, 6.45) is -3.18. The Labute approximate surface area is 229 Å². The summed E-state index contributed by atoms with van der Waals surface area (Å²) in [7, 11) is 0. The number of esters is 1. The minimum atomic E-state index is -5.08. The van der Waals surface area contributed by atoms with Crippen molar-refractivity contribution in [1.82, 2.24) is 14.9 Å². The number of carboxylic acid groups (broad SMARTS) is 2. The lowest BCUT2D eigenvalue weighted by molar-refractivity contribution is -0.193. The number of likely N-dealkylation sites (tertiary alicyclic amines) is 1. The normalized spacial score (nSPS) is 20.9. The number of carbonyl (C=O) groups excluding carboxylic acids is 1. The van der Waals surface area contributed by atoms with Gasteiger partial charge in [0.1, 0.15) is 5.76 Å². The molecule has 2 N–H and O–H groups in total. The number of aromatic nitrogens is 2. The van der Waals surface area contributed by atoms with E-state index in [9.17, 15) is 31.1 Å². The second-order valence-electron chi connectivity index (χ2n) is 9.03. The van der Waals surface area contributed by atoms with Crippen LogP contribution in [0.3, 0.4) is 0 Å². The number of ether oxygens (including phenoxy) is 1. The number of hydrogen-bond donors (Lipinski definition) is 2. The second kappa shape index (κ2) is 14.1. The second-order valence-corrected chi connectivity index (χ2v) is 9.03. The number of carbonyl (C=O) groups is 3. The van der Waals surface area contributed by atoms with Crippen molar-refractivity contribution >= 4 is 23.9 Å². The van der Waals surface area contributed by atoms with Gasteiger partial charge in [0.15, 0.2) is 0 Å². The third kappa shape index (κ3) is 9.61. The lowest BCUT2D eigenvalue weighted by atomic mass is 9.75. The third-order valence-electron chi connectivity index (χ3n) is 6.23. The molecule has 228 valence electrons. The molecule has 41 heavy (non-hydrogen) atoms. The molecule has 11 nitrogen and oxygen atoms in total. The van der Waals surface area contributed by atoms with Gasteiger partial charge >= 0.3 is 30.3 Å². The first-order valence-electron chi connectivity index (χ1n) is 12.1. The van der Waals surface area contributed by atoms with E-state index in [1.165, 1.54) is 0 Å². The van der Waals surface area contributed by atoms with E-state index >= 15 is 0 Å². The fraction of sp³-hybridized carbons (Fsp3) is 0.542. The molecule has 0 bridgehead atoms. The first-order chi connectivity index (χ1) is 19.1. The molecule has 0 amide bonds. The smallest absolute Gasteiger partial charge is 0.475 e. The molecule has 2 atom stereocenters. The molecule has 17 heteroatoms. The Bertz CT molecular complexity index is 1110. The van der Waals surface area contributed by atoms with Crippen LogP contribution in [0, 0.1) is 11.3 Å². The molecule has 2 aromatic rings. The van der Waals surface area contributed by atoms with E-state index in [4.69, 9.17) is 29.0 Å². The van der Waals surface area contributed by atoms with Crippen LogP contribution >= 0.6 is 0 Å². The number of nitrogens with zero attached hydrogens (tertiary/aromatic N) is 4. The number of alkyl halides is 6. The molecule has 2 saturated heterocycles. The Hall–Kier alpha value is -3.89. The van der Waals surface area contributed by atoms with Crippen LogP contribution in [0.1, 0.15) is 25.5 Å². The topological polar surface area (TPSA) is 146 Å². The molecule has 0 aromatic carbocycles. The minimum absolute atomic E-state index is 0.0757. The molecule has 0 aliphatic carbocycles. The number of anilines is 1. The fourth-order valence-corrected chi connectivity index (χ4v) is 4.49. The summed E-state index contributed by atoms with van der Waals surface area (Å²) < 4.78 is 74.5. The Morgan fingerprint density at radius 3 is 2.12 bits per heavy atom. The van der Waals surface area contributed by atoms with Gasteiger partial charge in [0, 0.05) is 37.9 Å². The molecule has 2 fully saturated rings. The lowest BCUT2D eigenvalue weighted by Crippen LogP contribution is -2.42. The minimum Gasteiger partial charge on any atom is -0.475 e. The molecule has 4 heterocycles. The molecule has 0 saturated carbocycles. The van der Waals surface area contributed by atoms with Crippen molar-refractivity contribution in [2.75, 3.05) is 37.7 Å². The van der Waals surface area contributed by atoms with Gasteiger partial charge in [-0.2, -0.15) is 26.3 Å². The number of fused-ring (bicyclic) bond motifs is 1. The standard InChI is InChI=1S/C20H26N4O3.2C2HF3O2/c1-2-26-18(25)20-7-4-10-23(14-17-6-3-11-27-17)12-16(20)13-24(15-20)19-21-8-5-9-22-19;2*3-2(4,5)1(6)7/h3,5-6,8-9,11,16H,2,4,7,10,12-15H2,1H3;2*(H,6,7)/t16-,20-;;/m0../s1. The molecule has 4 rings (SSSR count). The number of carboxylic acids is 2. The maximum atomic E-state index is 13.0. The highest BCUT2D eigenvalue weighted by molar-refractivity contribution is 5.79. The number of aliphatic carboxylic acids is 2. The summed E-state index contributed by atoms with van der Waals surface area (Å²) >= 11 is 0. The molecular weight excluding hydrogens is 570 g/mol. The lowest BCUT2D eigenvalue weighted by Gasteiger charge is -2.31. The largest absolute Gasteiger partial charge is 0.490 e. The van der Waals surface area contributed by atoms with Crippen molar-refractivity contribution in [3.8, 4) is 0 Å². The maximum absolute atomic E-state index is 13.0. The first-order valence-corrected chi connectivity index (χ1v) is 12.1. The summed E-state index contributed by atoms with van der Waals surface area (Å²) in [5.74, 6) is -3.77. The van der Waals surface area contributed by atoms with E-state index in [-0.39, 0.29) is 11.9 Å². The van der Waals surface area contributed by atoms with Gasteiger partial charge in [-0.1, -0.05) is 0 Å². The van der Waals surface area contributed by atoms with Gasteiger partial charge < -0.3 is 24.3 Å². The Kier molecular flexibility index (Phi) is 11.5. The Morgan fingerprint density at radius 1 is 1.05 bits per heavy atom. The zero-order valence-corrected chi connectivity index (χ0v) is 21.7. The molecule has 2 aliphatic heterocycles. The first kappa shape index (κ1) is 33.3. The van der Waals surface area contributed by atoms with E-state index in [2.05, 4.69) is 19.8 Å². The highest BCUT2D eigenvalue weighted by Crippen LogP contribution is 2.44. The predicted molar refractivity (Wildman–Crippen MR) is 127 cm³/mol. The van der Waals surface area contributed by atoms with Crippen molar-refractivity contribution in [2.24, 2.45) is 11.3 Å². The van der Waals surface area contributed by atoms with Gasteiger partial charge in [0.25, 0.3) is 0 Å². The van der Waals surface area contributed by atoms with Crippen LogP contribution in [0.5, 0.6) is 0 Å². The fourth-order valence-electron chi connectivity index (χ4n) is 4.49. The molecule has 2 aliphatic rings. The van der Waals surface area contributed by atoms with Crippen LogP contribution < -0.4 is 4.90 Å². The number of furan rings is 1. The van der Waals surface area contributed by atoms with Crippen LogP contribution in [-0.4, -0.2) is 88.1 Å². The molecule has 0 spiro atoms. The summed E-state index contributed by atoms with van der Waals surface area (Å²) in [5.41, 5.74) is -0.493. The van der Waals surface area contributed by atoms with Crippen LogP contribution in [0.25, 0.3) is 0 Å². The summed E-state index contributed by atoms with van der Waals surface area (Å²) in [6, 6.07) is 5.73. The van der Waals surface area contributed by atoms with Crippen LogP contribution in [-0.2, 0) is 25.7 Å². The number of rotatable bonds is 5. The predicted octanol–water partition coefficient (Wildman–Crippen LogP) is 3.62. The van der Waals surface area contributed by atoms with E-state index in [0.29, 0.717) is 19.1 Å². The van der Waals surface area contributed by atoms with E-state index in [1.54, 1.807) is 18.7 Å². The van der Waals surface area contributed by atoms with Crippen LogP contribution in [0.4, 0.5) is 32.3 Å². The van der Waals surface area contributed by atoms with E-state index in [0.717, 1.165) is 44.8 Å². The molecule has 0 unspecified atom stereocenters. The maximum Gasteiger partial charge on any atom is 0.490 e. The van der Waals surface area contributed by atoms with Crippen molar-refractivity contribution in [2.45, 2.75) is 38.7 Å². The van der Waals surface area contributed by atoms with Gasteiger partial charge in [-0.25, -0.2) is 19.6 Å². The highest BCUT2D eigenvalue weighted by Gasteiger charge is 2.54. The van der Waals surface area contributed by atoms with Crippen LogP contribution in [0.2, 0.25) is 0 Å². The van der Waals surface area contributed by atoms with Gasteiger partial charge in [0.05, 0.1) is 24.8 Å². The van der Waals surface area contributed by atoms with E-state index in [1.807, 2.05) is 25.1 Å². The zero-order chi connectivity index (χ0) is 30.8. The number of halogens is 6. The molecule has 0 radical (unpaired) electrons. The van der Waals surface area contributed by atoms with Crippen molar-refractivity contribution in [1.29, 1.82) is 0 Å². The SMILES string of the molecule is CCOC(=O)[C@]12CCCN(Cc3ccco3)C[C@H]1CN(c1ncccn1)C2.O=C(O)C(F)(F)F.O=C(O)C(F)(F)F. The summed E-state index contributed by atoms with van der Waals surface area (Å²) in [4.78, 5) is 44.1. The highest BCUT2D eigenvalue weighted by atomic mass is 19.4. The quantitative estimate of drug-likeness (QED) is 0.384. The Morgan fingerprint density at radius 2 is 1.63 bits per heavy atom. The monoisotopic (exact) mass is 598 g/mol. The zero-order valence-electron chi connectivity index (χ0n) is 21.7. The number of hydrogen-bond acceptors (Lipinski definition) is 9. The average molecular weight is 598 g/mol. The molecule has 2 aromatic heterocycles. The van der Waals surface area contributed by atoms with Crippen molar-refractivity contribution < 1.29 is 60.1 Å².